The lowest BCUT2D eigenvalue weighted by Gasteiger charge is -2.23. The van der Waals surface area contributed by atoms with Crippen LogP contribution in [0.2, 0.25) is 0 Å². The van der Waals surface area contributed by atoms with Gasteiger partial charge in [0.2, 0.25) is 0 Å². The molecule has 0 saturated carbocycles. The van der Waals surface area contributed by atoms with E-state index in [9.17, 15) is 0 Å². The van der Waals surface area contributed by atoms with Crippen molar-refractivity contribution in [2.75, 3.05) is 26.9 Å². The van der Waals surface area contributed by atoms with Crippen molar-refractivity contribution in [1.82, 2.24) is 0 Å². The topological polar surface area (TPSA) is 30.7 Å². The Balaban J connectivity index is 1.84. The summed E-state index contributed by atoms with van der Waals surface area (Å²) < 4.78 is 20.5. The normalized spacial score (nSPS) is 13.0. The number of methoxy groups -OCH3 is 1. The third-order valence-electron chi connectivity index (χ3n) is 7.39. The van der Waals surface area contributed by atoms with E-state index in [1.165, 1.54) is 80.2 Å². The number of rotatable bonds is 18. The predicted molar refractivity (Wildman–Crippen MR) is 155 cm³/mol. The second kappa shape index (κ2) is 16.4. The Kier molecular flexibility index (Phi) is 12.9. The summed E-state index contributed by atoms with van der Waals surface area (Å²) in [4.78, 5) is 0. The fourth-order valence-corrected chi connectivity index (χ4v) is 5.30. The van der Waals surface area contributed by atoms with Crippen LogP contribution in [0.25, 0.3) is 0 Å². The van der Waals surface area contributed by atoms with Crippen LogP contribution >= 0.6 is 0 Å². The van der Waals surface area contributed by atoms with E-state index in [0.717, 1.165) is 56.2 Å². The first-order chi connectivity index (χ1) is 18.2. The lowest BCUT2D eigenvalue weighted by Crippen LogP contribution is -2.30. The van der Waals surface area contributed by atoms with E-state index in [0.29, 0.717) is 6.61 Å². The van der Waals surface area contributed by atoms with Crippen molar-refractivity contribution in [3.05, 3.63) is 53.1 Å². The van der Waals surface area contributed by atoms with Crippen molar-refractivity contribution in [2.24, 2.45) is 0 Å². The molecule has 1 aliphatic rings. The highest BCUT2D eigenvalue weighted by Gasteiger charge is 2.29. The van der Waals surface area contributed by atoms with Crippen LogP contribution in [0.4, 0.5) is 0 Å². The molecular weight excluding hydrogens is 458 g/mol. The molecule has 2 aromatic rings. The van der Waals surface area contributed by atoms with Gasteiger partial charge in [0.1, 0.15) is 12.3 Å². The minimum atomic E-state index is 0.656. The maximum absolute atomic E-state index is 6.49. The van der Waals surface area contributed by atoms with Crippen molar-refractivity contribution in [2.45, 2.75) is 104 Å². The van der Waals surface area contributed by atoms with Gasteiger partial charge in [-0.3, -0.25) is 0 Å². The summed E-state index contributed by atoms with van der Waals surface area (Å²) in [5.41, 5.74) is 5.48. The van der Waals surface area contributed by atoms with Crippen molar-refractivity contribution in [3.8, 4) is 17.2 Å². The van der Waals surface area contributed by atoms with Gasteiger partial charge in [0.05, 0.1) is 20.3 Å². The molecule has 0 amide bonds. The quantitative estimate of drug-likeness (QED) is 0.150. The minimum Gasteiger partial charge on any atom is -0.497 e. The molecule has 4 nitrogen and oxygen atoms in total. The predicted octanol–water partition coefficient (Wildman–Crippen LogP) is 8.36. The second-order valence-electron chi connectivity index (χ2n) is 10.2. The van der Waals surface area contributed by atoms with Gasteiger partial charge in [-0.1, -0.05) is 65.2 Å². The van der Waals surface area contributed by atoms with E-state index in [-0.39, 0.29) is 0 Å². The highest BCUT2D eigenvalue weighted by atomic mass is 16.5. The van der Waals surface area contributed by atoms with Crippen LogP contribution in [0.5, 0.6) is 17.2 Å². The van der Waals surface area contributed by atoms with E-state index >= 15 is 0 Å². The molecule has 1 aliphatic heterocycles. The zero-order valence-corrected chi connectivity index (χ0v) is 23.9. The Morgan fingerprint density at radius 1 is 0.757 bits per heavy atom. The number of fused-ring (bicyclic) bond motifs is 1. The third-order valence-corrected chi connectivity index (χ3v) is 7.39. The van der Waals surface area contributed by atoms with E-state index < -0.39 is 0 Å². The Morgan fingerprint density at radius 3 is 2.16 bits per heavy atom. The van der Waals surface area contributed by atoms with Gasteiger partial charge in [-0.05, 0) is 56.2 Å². The molecule has 0 aliphatic carbocycles. The highest BCUT2D eigenvalue weighted by molar-refractivity contribution is 5.99. The van der Waals surface area contributed by atoms with Gasteiger partial charge in [0.15, 0.2) is 23.8 Å². The zero-order valence-electron chi connectivity index (χ0n) is 23.9. The fourth-order valence-electron chi connectivity index (χ4n) is 5.30. The molecule has 0 bridgehead atoms. The monoisotopic (exact) mass is 508 g/mol. The molecule has 204 valence electrons. The van der Waals surface area contributed by atoms with Gasteiger partial charge in [0, 0.05) is 29.5 Å². The molecule has 0 spiro atoms. The van der Waals surface area contributed by atoms with Crippen LogP contribution in [0.15, 0.2) is 36.4 Å². The van der Waals surface area contributed by atoms with Gasteiger partial charge < -0.3 is 14.2 Å². The van der Waals surface area contributed by atoms with Crippen LogP contribution in [-0.2, 0) is 13.0 Å². The molecule has 4 heteroatoms. The molecule has 0 aromatic heterocycles. The molecule has 0 N–H and O–H groups in total. The summed E-state index contributed by atoms with van der Waals surface area (Å²) in [5.74, 6) is 2.80. The number of benzene rings is 2. The zero-order chi connectivity index (χ0) is 26.3. The number of ether oxygens (including phenoxy) is 3. The SMILES string of the molecule is CCCCCCCCOc1c(OCC)ccc2c1CC[N+](Cc1ccc(OC)cc1)=C2CCCCCC. The summed E-state index contributed by atoms with van der Waals surface area (Å²) in [7, 11) is 1.72. The second-order valence-corrected chi connectivity index (χ2v) is 10.2. The molecule has 0 radical (unpaired) electrons. The molecule has 1 heterocycles. The average molecular weight is 509 g/mol. The van der Waals surface area contributed by atoms with Crippen LogP contribution in [0.3, 0.4) is 0 Å². The van der Waals surface area contributed by atoms with Gasteiger partial charge in [-0.25, -0.2) is 4.58 Å². The summed E-state index contributed by atoms with van der Waals surface area (Å²) in [6.45, 7) is 9.96. The van der Waals surface area contributed by atoms with Crippen LogP contribution in [0.1, 0.15) is 108 Å². The van der Waals surface area contributed by atoms with E-state index in [1.807, 2.05) is 0 Å². The Bertz CT molecular complexity index is 964. The number of hydrogen-bond donors (Lipinski definition) is 0. The van der Waals surface area contributed by atoms with E-state index in [4.69, 9.17) is 14.2 Å². The Hall–Kier alpha value is -2.49. The average Bonchev–Trinajstić information content (AvgIpc) is 2.92. The molecule has 0 fully saturated rings. The lowest BCUT2D eigenvalue weighted by atomic mass is 9.92. The van der Waals surface area contributed by atoms with Gasteiger partial charge in [0.25, 0.3) is 0 Å². The molecular formula is C33H50NO3+. The first kappa shape index (κ1) is 29.1. The lowest BCUT2D eigenvalue weighted by molar-refractivity contribution is -0.545. The Morgan fingerprint density at radius 2 is 1.46 bits per heavy atom. The number of unbranched alkanes of at least 4 members (excludes halogenated alkanes) is 8. The molecule has 0 atom stereocenters. The number of nitrogens with zero attached hydrogens (tertiary/aromatic N) is 1. The minimum absolute atomic E-state index is 0.656. The van der Waals surface area contributed by atoms with E-state index in [2.05, 4.69) is 61.7 Å². The van der Waals surface area contributed by atoms with Gasteiger partial charge in [-0.15, -0.1) is 0 Å². The molecule has 0 unspecified atom stereocenters. The maximum atomic E-state index is 6.49. The largest absolute Gasteiger partial charge is 0.497 e. The van der Waals surface area contributed by atoms with Crippen molar-refractivity contribution >= 4 is 5.71 Å². The first-order valence-corrected chi connectivity index (χ1v) is 14.9. The summed E-state index contributed by atoms with van der Waals surface area (Å²) in [5, 5.41) is 0. The summed E-state index contributed by atoms with van der Waals surface area (Å²) in [6.07, 6.45) is 14.8. The fraction of sp³-hybridized carbons (Fsp3) is 0.606. The van der Waals surface area contributed by atoms with Crippen molar-refractivity contribution < 1.29 is 18.8 Å². The molecule has 0 saturated heterocycles. The molecule has 2 aromatic carbocycles. The smallest absolute Gasteiger partial charge is 0.184 e. The van der Waals surface area contributed by atoms with Gasteiger partial charge in [-0.2, -0.15) is 0 Å². The summed E-state index contributed by atoms with van der Waals surface area (Å²) >= 11 is 0. The van der Waals surface area contributed by atoms with Crippen LogP contribution < -0.4 is 14.2 Å². The first-order valence-electron chi connectivity index (χ1n) is 14.9. The maximum Gasteiger partial charge on any atom is 0.184 e. The standard InChI is InChI=1S/C33H50NO3/c1-5-8-10-12-13-15-25-37-33-30-23-24-34(26-27-17-19-28(35-4)20-18-27)31(16-14-11-9-6-2)29(30)21-22-32(33)36-7-3/h17-22H,5-16,23-26H2,1-4H3/q+1. The molecule has 3 rings (SSSR count). The van der Waals surface area contributed by atoms with Crippen LogP contribution in [0, 0.1) is 0 Å². The third kappa shape index (κ3) is 8.79. The Labute approximate surface area is 226 Å². The summed E-state index contributed by atoms with van der Waals surface area (Å²) in [6, 6.07) is 12.9. The number of hydrogen-bond acceptors (Lipinski definition) is 3. The highest BCUT2D eigenvalue weighted by Crippen LogP contribution is 2.37. The van der Waals surface area contributed by atoms with E-state index in [1.54, 1.807) is 7.11 Å². The molecule has 37 heavy (non-hydrogen) atoms. The van der Waals surface area contributed by atoms with Crippen molar-refractivity contribution in [3.63, 3.8) is 0 Å². The van der Waals surface area contributed by atoms with Crippen molar-refractivity contribution in [1.29, 1.82) is 0 Å². The van der Waals surface area contributed by atoms with Gasteiger partial charge >= 0.3 is 0 Å². The van der Waals surface area contributed by atoms with Crippen LogP contribution in [-0.4, -0.2) is 37.2 Å².